The maximum atomic E-state index is 12.9. The lowest BCUT2D eigenvalue weighted by atomic mass is 9.97. The molecule has 0 unspecified atom stereocenters. The molecule has 1 amide bonds. The maximum absolute atomic E-state index is 12.9. The van der Waals surface area contributed by atoms with Crippen LogP contribution < -0.4 is 5.32 Å². The summed E-state index contributed by atoms with van der Waals surface area (Å²) in [5.41, 5.74) is -0.148. The topological polar surface area (TPSA) is 79.4 Å². The Morgan fingerprint density at radius 2 is 1.87 bits per heavy atom. The van der Waals surface area contributed by atoms with Crippen molar-refractivity contribution < 1.29 is 26.4 Å². The van der Waals surface area contributed by atoms with Crippen molar-refractivity contribution in [2.24, 2.45) is 5.92 Å². The molecule has 1 fully saturated rings. The number of amides is 1. The van der Waals surface area contributed by atoms with Gasteiger partial charge < -0.3 is 5.32 Å². The van der Waals surface area contributed by atoms with E-state index in [1.807, 2.05) is 18.2 Å². The van der Waals surface area contributed by atoms with Crippen molar-refractivity contribution in [3.8, 4) is 0 Å². The normalized spacial score (nSPS) is 16.4. The molecule has 162 valence electrons. The summed E-state index contributed by atoms with van der Waals surface area (Å²) in [6.07, 6.45) is -1.72. The molecule has 0 bridgehead atoms. The first-order chi connectivity index (χ1) is 14.2. The quantitative estimate of drug-likeness (QED) is 0.748. The molecule has 30 heavy (non-hydrogen) atoms. The second-order valence-electron chi connectivity index (χ2n) is 7.07. The Morgan fingerprint density at radius 3 is 2.50 bits per heavy atom. The Bertz CT molecular complexity index is 974. The average Bonchev–Trinajstić information content (AvgIpc) is 2.74. The molecular formula is C20H22F3N3O3S. The highest BCUT2D eigenvalue weighted by molar-refractivity contribution is 7.89. The van der Waals surface area contributed by atoms with Crippen molar-refractivity contribution in [2.75, 3.05) is 19.6 Å². The number of benzene rings is 1. The van der Waals surface area contributed by atoms with E-state index in [4.69, 9.17) is 0 Å². The molecule has 3 rings (SSSR count). The van der Waals surface area contributed by atoms with E-state index in [-0.39, 0.29) is 24.9 Å². The lowest BCUT2D eigenvalue weighted by molar-refractivity contribution is -0.137. The Balaban J connectivity index is 1.55. The third-order valence-electron chi connectivity index (χ3n) is 5.03. The number of piperidine rings is 1. The van der Waals surface area contributed by atoms with E-state index >= 15 is 0 Å². The third kappa shape index (κ3) is 5.37. The summed E-state index contributed by atoms with van der Waals surface area (Å²) in [7, 11) is -4.05. The van der Waals surface area contributed by atoms with Crippen LogP contribution in [0.4, 0.5) is 13.2 Å². The largest absolute Gasteiger partial charge is 0.416 e. The summed E-state index contributed by atoms with van der Waals surface area (Å²) in [5, 5.41) is 2.84. The van der Waals surface area contributed by atoms with E-state index in [1.165, 1.54) is 0 Å². The van der Waals surface area contributed by atoms with E-state index in [0.717, 1.165) is 28.2 Å². The van der Waals surface area contributed by atoms with Crippen LogP contribution >= 0.6 is 0 Å². The highest BCUT2D eigenvalue weighted by Gasteiger charge is 2.35. The number of nitrogens with one attached hydrogen (secondary N) is 1. The lowest BCUT2D eigenvalue weighted by Gasteiger charge is -2.30. The molecule has 2 aromatic rings. The molecule has 0 spiro atoms. The third-order valence-corrected chi connectivity index (χ3v) is 6.93. The van der Waals surface area contributed by atoms with Crippen LogP contribution in [0.3, 0.4) is 0 Å². The van der Waals surface area contributed by atoms with Crippen molar-refractivity contribution in [3.05, 3.63) is 59.9 Å². The molecule has 0 aliphatic carbocycles. The first-order valence-electron chi connectivity index (χ1n) is 9.53. The number of carbonyl (C=O) groups excluding carboxylic acids is 1. The van der Waals surface area contributed by atoms with Gasteiger partial charge in [-0.1, -0.05) is 12.1 Å². The van der Waals surface area contributed by atoms with Crippen molar-refractivity contribution in [3.63, 3.8) is 0 Å². The first-order valence-corrected chi connectivity index (χ1v) is 11.0. The zero-order valence-corrected chi connectivity index (χ0v) is 16.9. The molecule has 1 aromatic heterocycles. The number of aromatic nitrogens is 1. The number of halogens is 3. The van der Waals surface area contributed by atoms with Gasteiger partial charge in [-0.3, -0.25) is 9.78 Å². The van der Waals surface area contributed by atoms with Gasteiger partial charge in [0.1, 0.15) is 0 Å². The van der Waals surface area contributed by atoms with Crippen LogP contribution in [-0.2, 0) is 27.4 Å². The lowest BCUT2D eigenvalue weighted by Crippen LogP contribution is -2.43. The van der Waals surface area contributed by atoms with E-state index < -0.39 is 26.7 Å². The molecule has 0 atom stereocenters. The van der Waals surface area contributed by atoms with Crippen molar-refractivity contribution in [2.45, 2.75) is 30.3 Å². The van der Waals surface area contributed by atoms with Gasteiger partial charge in [0.2, 0.25) is 15.9 Å². The van der Waals surface area contributed by atoms with Crippen molar-refractivity contribution in [1.82, 2.24) is 14.6 Å². The van der Waals surface area contributed by atoms with Crippen molar-refractivity contribution >= 4 is 15.9 Å². The fourth-order valence-electron chi connectivity index (χ4n) is 3.34. The Kier molecular flexibility index (Phi) is 6.77. The molecule has 1 aliphatic rings. The average molecular weight is 441 g/mol. The molecule has 1 N–H and O–H groups in total. The molecular weight excluding hydrogens is 419 g/mol. The Hall–Kier alpha value is -2.46. The number of rotatable bonds is 6. The van der Waals surface area contributed by atoms with E-state index in [1.54, 1.807) is 6.20 Å². The molecule has 10 heteroatoms. The second kappa shape index (κ2) is 9.13. The minimum Gasteiger partial charge on any atom is -0.355 e. The zero-order valence-electron chi connectivity index (χ0n) is 16.1. The summed E-state index contributed by atoms with van der Waals surface area (Å²) in [4.78, 5) is 16.1. The summed E-state index contributed by atoms with van der Waals surface area (Å²) in [5.74, 6) is -0.483. The van der Waals surface area contributed by atoms with Crippen molar-refractivity contribution in [1.29, 1.82) is 0 Å². The van der Waals surface area contributed by atoms with Crippen LogP contribution in [-0.4, -0.2) is 43.2 Å². The summed E-state index contributed by atoms with van der Waals surface area (Å²) in [6, 6.07) is 9.25. The smallest absolute Gasteiger partial charge is 0.355 e. The number of hydrogen-bond acceptors (Lipinski definition) is 4. The van der Waals surface area contributed by atoms with Gasteiger partial charge in [0.05, 0.1) is 10.5 Å². The maximum Gasteiger partial charge on any atom is 0.416 e. The van der Waals surface area contributed by atoms with Gasteiger partial charge in [-0.2, -0.15) is 17.5 Å². The second-order valence-corrected chi connectivity index (χ2v) is 9.00. The first kappa shape index (κ1) is 22.2. The van der Waals surface area contributed by atoms with E-state index in [2.05, 4.69) is 10.3 Å². The number of hydrogen-bond donors (Lipinski definition) is 1. The SMILES string of the molecule is O=C(NCCc1ccccn1)C1CCN(S(=O)(=O)c2cccc(C(F)(F)F)c2)CC1. The molecule has 0 saturated carbocycles. The Morgan fingerprint density at radius 1 is 1.13 bits per heavy atom. The van der Waals surface area contributed by atoms with Gasteiger partial charge in [0, 0.05) is 43.9 Å². The predicted molar refractivity (Wildman–Crippen MR) is 104 cm³/mol. The van der Waals surface area contributed by atoms with Gasteiger partial charge in [-0.15, -0.1) is 0 Å². The fourth-order valence-corrected chi connectivity index (χ4v) is 4.86. The van der Waals surface area contributed by atoms with E-state index in [9.17, 15) is 26.4 Å². The number of carbonyl (C=O) groups is 1. The van der Waals surface area contributed by atoms with Crippen LogP contribution in [0.25, 0.3) is 0 Å². The van der Waals surface area contributed by atoms with Crippen LogP contribution in [0.15, 0.2) is 53.6 Å². The van der Waals surface area contributed by atoms with Crippen LogP contribution in [0.5, 0.6) is 0 Å². The molecule has 6 nitrogen and oxygen atoms in total. The summed E-state index contributed by atoms with van der Waals surface area (Å²) in [6.45, 7) is 0.590. The predicted octanol–water partition coefficient (Wildman–Crippen LogP) is 2.86. The van der Waals surface area contributed by atoms with Crippen LogP contribution in [0, 0.1) is 5.92 Å². The molecule has 2 heterocycles. The Labute approximate surface area is 173 Å². The summed E-state index contributed by atoms with van der Waals surface area (Å²) < 4.78 is 65.3. The number of pyridine rings is 1. The molecule has 1 aromatic carbocycles. The van der Waals surface area contributed by atoms with E-state index in [0.29, 0.717) is 31.9 Å². The standard InChI is InChI=1S/C20H22F3N3O3S/c21-20(22,23)16-4-3-6-18(14-16)30(28,29)26-12-8-15(9-13-26)19(27)25-11-7-17-5-1-2-10-24-17/h1-6,10,14-15H,7-9,11-13H2,(H,25,27). The van der Waals surface area contributed by atoms with Gasteiger partial charge in [-0.25, -0.2) is 8.42 Å². The fraction of sp³-hybridized carbons (Fsp3) is 0.400. The van der Waals surface area contributed by atoms with Crippen LogP contribution in [0.1, 0.15) is 24.1 Å². The highest BCUT2D eigenvalue weighted by Crippen LogP contribution is 2.32. The molecule has 1 aliphatic heterocycles. The van der Waals surface area contributed by atoms with Crippen LogP contribution in [0.2, 0.25) is 0 Å². The minimum atomic E-state index is -4.62. The highest BCUT2D eigenvalue weighted by atomic mass is 32.2. The minimum absolute atomic E-state index is 0.0803. The number of alkyl halides is 3. The molecule has 0 radical (unpaired) electrons. The number of nitrogens with zero attached hydrogens (tertiary/aromatic N) is 2. The summed E-state index contributed by atoms with van der Waals surface area (Å²) >= 11 is 0. The van der Waals surface area contributed by atoms with Gasteiger partial charge in [0.15, 0.2) is 0 Å². The monoisotopic (exact) mass is 441 g/mol. The van der Waals surface area contributed by atoms with Gasteiger partial charge in [0.25, 0.3) is 0 Å². The number of sulfonamides is 1. The van der Waals surface area contributed by atoms with Gasteiger partial charge >= 0.3 is 6.18 Å². The van der Waals surface area contributed by atoms with Gasteiger partial charge in [-0.05, 0) is 43.2 Å². The molecule has 1 saturated heterocycles. The zero-order chi connectivity index (χ0) is 21.8.